The summed E-state index contributed by atoms with van der Waals surface area (Å²) >= 11 is 1.30. The molecule has 0 aliphatic carbocycles. The summed E-state index contributed by atoms with van der Waals surface area (Å²) in [6, 6.07) is 12.4. The lowest BCUT2D eigenvalue weighted by atomic mass is 10.2. The summed E-state index contributed by atoms with van der Waals surface area (Å²) in [5, 5.41) is 0.529. The molecule has 3 aromatic rings. The molecule has 8 nitrogen and oxygen atoms in total. The zero-order chi connectivity index (χ0) is 23.4. The monoisotopic (exact) mass is 525 g/mol. The van der Waals surface area contributed by atoms with E-state index in [4.69, 9.17) is 9.47 Å². The maximum Gasteiger partial charge on any atom is 0.266 e. The van der Waals surface area contributed by atoms with Crippen molar-refractivity contribution >= 4 is 54.8 Å². The molecule has 1 aliphatic heterocycles. The lowest BCUT2D eigenvalue weighted by molar-refractivity contribution is -0.120. The van der Waals surface area contributed by atoms with Crippen molar-refractivity contribution < 1.29 is 22.7 Å². The first-order valence-electron chi connectivity index (χ1n) is 10.7. The first-order valence-corrected chi connectivity index (χ1v) is 13.4. The topological polar surface area (TPSA) is 89.0 Å². The lowest BCUT2D eigenvalue weighted by Gasteiger charge is -2.29. The number of aryl methyl sites for hydroxylation is 1. The van der Waals surface area contributed by atoms with Crippen LogP contribution in [0.3, 0.4) is 0 Å². The largest absolute Gasteiger partial charge is 0.484 e. The normalized spacial score (nSPS) is 14.5. The number of anilines is 1. The van der Waals surface area contributed by atoms with Crippen LogP contribution in [0.15, 0.2) is 47.4 Å². The number of aromatic nitrogens is 1. The molecular formula is C23H28ClN3O5S2. The minimum Gasteiger partial charge on any atom is -0.484 e. The van der Waals surface area contributed by atoms with Crippen LogP contribution in [0.1, 0.15) is 5.56 Å². The summed E-state index contributed by atoms with van der Waals surface area (Å²) in [5.74, 6) is 0.426. The van der Waals surface area contributed by atoms with Crippen LogP contribution in [0.5, 0.6) is 5.75 Å². The Morgan fingerprint density at radius 3 is 2.56 bits per heavy atom. The molecule has 0 unspecified atom stereocenters. The van der Waals surface area contributed by atoms with Crippen molar-refractivity contribution in [2.24, 2.45) is 0 Å². The van der Waals surface area contributed by atoms with Gasteiger partial charge in [0.2, 0.25) is 0 Å². The molecule has 1 saturated heterocycles. The Hall–Kier alpha value is -2.24. The van der Waals surface area contributed by atoms with Gasteiger partial charge in [0.1, 0.15) is 5.75 Å². The van der Waals surface area contributed by atoms with Gasteiger partial charge in [-0.25, -0.2) is 13.4 Å². The van der Waals surface area contributed by atoms with Crippen LogP contribution >= 0.6 is 23.7 Å². The number of ether oxygens (including phenoxy) is 2. The SMILES string of the molecule is Cc1ccc(OCC(=O)N(CCN2CCOCC2)c2nc3ccc(S(C)(=O)=O)cc3s2)cc1.Cl. The van der Waals surface area contributed by atoms with Crippen molar-refractivity contribution in [1.82, 2.24) is 9.88 Å². The predicted molar refractivity (Wildman–Crippen MR) is 136 cm³/mol. The van der Waals surface area contributed by atoms with Gasteiger partial charge in [-0.15, -0.1) is 12.4 Å². The number of sulfone groups is 1. The molecule has 0 atom stereocenters. The van der Waals surface area contributed by atoms with Crippen LogP contribution in [0.4, 0.5) is 5.13 Å². The molecule has 184 valence electrons. The molecule has 0 radical (unpaired) electrons. The Balaban J connectivity index is 0.00000324. The van der Waals surface area contributed by atoms with Crippen molar-refractivity contribution in [2.75, 3.05) is 57.2 Å². The molecular weight excluding hydrogens is 498 g/mol. The van der Waals surface area contributed by atoms with Gasteiger partial charge in [-0.05, 0) is 37.3 Å². The molecule has 2 aromatic carbocycles. The number of morpholine rings is 1. The van der Waals surface area contributed by atoms with E-state index in [9.17, 15) is 13.2 Å². The summed E-state index contributed by atoms with van der Waals surface area (Å²) in [4.78, 5) is 21.9. The van der Waals surface area contributed by atoms with E-state index in [1.807, 2.05) is 31.2 Å². The fourth-order valence-electron chi connectivity index (χ4n) is 3.49. The van der Waals surface area contributed by atoms with E-state index in [2.05, 4.69) is 9.88 Å². The summed E-state index contributed by atoms with van der Waals surface area (Å²) in [7, 11) is -3.33. The standard InChI is InChI=1S/C23H27N3O5S2.ClH/c1-17-3-5-18(6-4-17)31-16-22(27)26(10-9-25-11-13-30-14-12-25)23-24-20-8-7-19(33(2,28)29)15-21(20)32-23;/h3-8,15H,9-14,16H2,1-2H3;1H. The van der Waals surface area contributed by atoms with Crippen LogP contribution in [0.25, 0.3) is 10.2 Å². The van der Waals surface area contributed by atoms with E-state index in [1.165, 1.54) is 17.6 Å². The number of benzene rings is 2. The Kier molecular flexibility index (Phi) is 8.89. The number of nitrogens with zero attached hydrogens (tertiary/aromatic N) is 3. The second-order valence-electron chi connectivity index (χ2n) is 8.00. The number of hydrogen-bond acceptors (Lipinski definition) is 8. The minimum atomic E-state index is -3.33. The fraction of sp³-hybridized carbons (Fsp3) is 0.391. The number of hydrogen-bond donors (Lipinski definition) is 0. The maximum absolute atomic E-state index is 13.2. The average molecular weight is 526 g/mol. The molecule has 11 heteroatoms. The highest BCUT2D eigenvalue weighted by Crippen LogP contribution is 2.31. The Morgan fingerprint density at radius 1 is 1.18 bits per heavy atom. The molecule has 1 amide bonds. The smallest absolute Gasteiger partial charge is 0.266 e. The predicted octanol–water partition coefficient (Wildman–Crippen LogP) is 3.17. The maximum atomic E-state index is 13.2. The van der Waals surface area contributed by atoms with Crippen LogP contribution in [0, 0.1) is 6.92 Å². The second kappa shape index (κ2) is 11.5. The molecule has 1 aliphatic rings. The number of amides is 1. The van der Waals surface area contributed by atoms with Crippen LogP contribution in [-0.2, 0) is 19.4 Å². The van der Waals surface area contributed by atoms with Gasteiger partial charge in [0.15, 0.2) is 21.6 Å². The molecule has 34 heavy (non-hydrogen) atoms. The van der Waals surface area contributed by atoms with Gasteiger partial charge in [0.25, 0.3) is 5.91 Å². The lowest BCUT2D eigenvalue weighted by Crippen LogP contribution is -2.44. The van der Waals surface area contributed by atoms with Gasteiger partial charge in [0, 0.05) is 32.4 Å². The highest BCUT2D eigenvalue weighted by Gasteiger charge is 2.22. The molecule has 1 fully saturated rings. The van der Waals surface area contributed by atoms with E-state index in [0.717, 1.165) is 23.4 Å². The third kappa shape index (κ3) is 6.67. The zero-order valence-electron chi connectivity index (χ0n) is 19.1. The van der Waals surface area contributed by atoms with Gasteiger partial charge >= 0.3 is 0 Å². The van der Waals surface area contributed by atoms with Gasteiger partial charge in [0.05, 0.1) is 28.3 Å². The summed E-state index contributed by atoms with van der Waals surface area (Å²) in [6.07, 6.45) is 1.18. The van der Waals surface area contributed by atoms with Crippen LogP contribution < -0.4 is 9.64 Å². The molecule has 0 spiro atoms. The third-order valence-corrected chi connectivity index (χ3v) is 7.59. The van der Waals surface area contributed by atoms with Gasteiger partial charge in [-0.2, -0.15) is 0 Å². The third-order valence-electron chi connectivity index (χ3n) is 5.44. The fourth-order valence-corrected chi connectivity index (χ4v) is 5.26. The summed E-state index contributed by atoms with van der Waals surface area (Å²) < 4.78 is 35.7. The molecule has 0 N–H and O–H groups in total. The van der Waals surface area contributed by atoms with Crippen molar-refractivity contribution in [3.05, 3.63) is 48.0 Å². The first kappa shape index (κ1) is 26.4. The van der Waals surface area contributed by atoms with E-state index in [-0.39, 0.29) is 29.8 Å². The average Bonchev–Trinajstić information content (AvgIpc) is 3.22. The molecule has 4 rings (SSSR count). The van der Waals surface area contributed by atoms with E-state index in [0.29, 0.717) is 42.7 Å². The summed E-state index contributed by atoms with van der Waals surface area (Å²) in [6.45, 7) is 6.01. The minimum absolute atomic E-state index is 0. The quantitative estimate of drug-likeness (QED) is 0.446. The van der Waals surface area contributed by atoms with Gasteiger partial charge < -0.3 is 9.47 Å². The highest BCUT2D eigenvalue weighted by atomic mass is 35.5. The van der Waals surface area contributed by atoms with Gasteiger partial charge in [-0.1, -0.05) is 29.0 Å². The number of thiazole rings is 1. The van der Waals surface area contributed by atoms with Crippen molar-refractivity contribution in [3.8, 4) is 5.75 Å². The molecule has 0 saturated carbocycles. The zero-order valence-corrected chi connectivity index (χ0v) is 21.5. The number of carbonyl (C=O) groups excluding carboxylic acids is 1. The highest BCUT2D eigenvalue weighted by molar-refractivity contribution is 7.90. The Labute approximate surface area is 209 Å². The molecule has 1 aromatic heterocycles. The number of carbonyl (C=O) groups is 1. The number of rotatable bonds is 8. The summed E-state index contributed by atoms with van der Waals surface area (Å²) in [5.41, 5.74) is 1.77. The first-order chi connectivity index (χ1) is 15.8. The Morgan fingerprint density at radius 2 is 1.88 bits per heavy atom. The molecule has 0 bridgehead atoms. The van der Waals surface area contributed by atoms with E-state index in [1.54, 1.807) is 23.1 Å². The van der Waals surface area contributed by atoms with Crippen molar-refractivity contribution in [2.45, 2.75) is 11.8 Å². The van der Waals surface area contributed by atoms with Gasteiger partial charge in [-0.3, -0.25) is 14.6 Å². The van der Waals surface area contributed by atoms with Crippen molar-refractivity contribution in [1.29, 1.82) is 0 Å². The second-order valence-corrected chi connectivity index (χ2v) is 11.0. The van der Waals surface area contributed by atoms with Crippen LogP contribution in [-0.4, -0.2) is 76.5 Å². The number of fused-ring (bicyclic) bond motifs is 1. The van der Waals surface area contributed by atoms with Crippen molar-refractivity contribution in [3.63, 3.8) is 0 Å². The van der Waals surface area contributed by atoms with E-state index < -0.39 is 9.84 Å². The van der Waals surface area contributed by atoms with E-state index >= 15 is 0 Å². The number of halogens is 1. The van der Waals surface area contributed by atoms with Crippen LogP contribution in [0.2, 0.25) is 0 Å². The molecule has 2 heterocycles. The Bertz CT molecular complexity index is 1230.